The summed E-state index contributed by atoms with van der Waals surface area (Å²) in [5, 5.41) is 8.72. The van der Waals surface area contributed by atoms with E-state index in [2.05, 4.69) is 10.4 Å². The Labute approximate surface area is 150 Å². The highest BCUT2D eigenvalue weighted by Crippen LogP contribution is 2.24. The third-order valence-corrected chi connectivity index (χ3v) is 4.46. The molecule has 2 aromatic carbocycles. The number of rotatable bonds is 3. The van der Waals surface area contributed by atoms with Crippen LogP contribution in [0, 0.1) is 6.92 Å². The van der Waals surface area contributed by atoms with E-state index in [4.69, 9.17) is 11.6 Å². The molecule has 25 heavy (non-hydrogen) atoms. The van der Waals surface area contributed by atoms with Crippen LogP contribution < -0.4 is 10.9 Å². The number of benzene rings is 2. The summed E-state index contributed by atoms with van der Waals surface area (Å²) in [4.78, 5) is 25.4. The molecule has 6 heteroatoms. The lowest BCUT2D eigenvalue weighted by Crippen LogP contribution is -2.29. The number of nitrogens with one attached hydrogen (secondary N) is 1. The maximum Gasteiger partial charge on any atom is 0.276 e. The van der Waals surface area contributed by atoms with Crippen molar-refractivity contribution in [2.45, 2.75) is 26.8 Å². The maximum atomic E-state index is 12.8. The zero-order valence-electron chi connectivity index (χ0n) is 14.2. The Bertz CT molecular complexity index is 1020. The number of carbonyl (C=O) groups excluding carboxylic acids is 1. The molecular weight excluding hydrogens is 338 g/mol. The van der Waals surface area contributed by atoms with Gasteiger partial charge in [0, 0.05) is 16.1 Å². The Morgan fingerprint density at radius 1 is 1.12 bits per heavy atom. The minimum Gasteiger partial charge on any atom is -0.320 e. The first-order valence-electron chi connectivity index (χ1n) is 7.98. The van der Waals surface area contributed by atoms with Crippen molar-refractivity contribution in [2.75, 3.05) is 5.32 Å². The van der Waals surface area contributed by atoms with Crippen LogP contribution in [0.2, 0.25) is 5.02 Å². The Morgan fingerprint density at radius 3 is 2.48 bits per heavy atom. The highest BCUT2D eigenvalue weighted by atomic mass is 35.5. The van der Waals surface area contributed by atoms with Crippen LogP contribution in [0.3, 0.4) is 0 Å². The average Bonchev–Trinajstić information content (AvgIpc) is 2.59. The number of carbonyl (C=O) groups is 1. The van der Waals surface area contributed by atoms with E-state index in [9.17, 15) is 9.59 Å². The monoisotopic (exact) mass is 355 g/mol. The van der Waals surface area contributed by atoms with Crippen molar-refractivity contribution in [3.8, 4) is 0 Å². The summed E-state index contributed by atoms with van der Waals surface area (Å²) < 4.78 is 1.34. The lowest BCUT2D eigenvalue weighted by molar-refractivity contribution is 0.102. The first kappa shape index (κ1) is 17.2. The predicted molar refractivity (Wildman–Crippen MR) is 101 cm³/mol. The number of hydrogen-bond acceptors (Lipinski definition) is 3. The Hall–Kier alpha value is -2.66. The van der Waals surface area contributed by atoms with Crippen molar-refractivity contribution in [3.05, 3.63) is 69.1 Å². The minimum atomic E-state index is -0.379. The van der Waals surface area contributed by atoms with Crippen molar-refractivity contribution < 1.29 is 4.79 Å². The summed E-state index contributed by atoms with van der Waals surface area (Å²) in [6.07, 6.45) is 0. The zero-order chi connectivity index (χ0) is 18.1. The Balaban J connectivity index is 2.14. The van der Waals surface area contributed by atoms with E-state index < -0.39 is 0 Å². The molecule has 0 saturated heterocycles. The van der Waals surface area contributed by atoms with Gasteiger partial charge in [-0.3, -0.25) is 9.59 Å². The zero-order valence-corrected chi connectivity index (χ0v) is 15.0. The van der Waals surface area contributed by atoms with Gasteiger partial charge in [-0.1, -0.05) is 35.9 Å². The van der Waals surface area contributed by atoms with Crippen molar-refractivity contribution in [1.82, 2.24) is 9.78 Å². The molecule has 1 aromatic heterocycles. The molecule has 0 bridgehead atoms. The van der Waals surface area contributed by atoms with Gasteiger partial charge in [-0.2, -0.15) is 5.10 Å². The van der Waals surface area contributed by atoms with E-state index >= 15 is 0 Å². The van der Waals surface area contributed by atoms with Crippen molar-refractivity contribution >= 4 is 34.0 Å². The number of aromatic nitrogens is 2. The maximum absolute atomic E-state index is 12.8. The summed E-state index contributed by atoms with van der Waals surface area (Å²) in [7, 11) is 0. The Morgan fingerprint density at radius 2 is 1.80 bits per heavy atom. The first-order chi connectivity index (χ1) is 11.9. The lowest BCUT2D eigenvalue weighted by Gasteiger charge is -2.14. The standard InChI is InChI=1S/C19H18ClN3O2/c1-11(2)23-19(25)14-8-5-4-7-13(14)17(22-23)18(24)21-16-10-6-9-15(20)12(16)3/h4-11H,1-3H3,(H,21,24). The second kappa shape index (κ2) is 6.69. The molecule has 0 aliphatic carbocycles. The van der Waals surface area contributed by atoms with Gasteiger partial charge in [0.15, 0.2) is 5.69 Å². The van der Waals surface area contributed by atoms with Crippen molar-refractivity contribution in [2.24, 2.45) is 0 Å². The largest absolute Gasteiger partial charge is 0.320 e. The first-order valence-corrected chi connectivity index (χ1v) is 8.36. The predicted octanol–water partition coefficient (Wildman–Crippen LogP) is 4.19. The summed E-state index contributed by atoms with van der Waals surface area (Å²) in [6.45, 7) is 5.54. The number of amides is 1. The molecule has 1 N–H and O–H groups in total. The smallest absolute Gasteiger partial charge is 0.276 e. The molecule has 0 radical (unpaired) electrons. The highest BCUT2D eigenvalue weighted by Gasteiger charge is 2.18. The highest BCUT2D eigenvalue weighted by molar-refractivity contribution is 6.31. The van der Waals surface area contributed by atoms with Crippen LogP contribution >= 0.6 is 11.6 Å². The van der Waals surface area contributed by atoms with Gasteiger partial charge in [-0.15, -0.1) is 0 Å². The molecule has 3 aromatic rings. The average molecular weight is 356 g/mol. The summed E-state index contributed by atoms with van der Waals surface area (Å²) in [6, 6.07) is 12.1. The molecule has 0 aliphatic rings. The van der Waals surface area contributed by atoms with E-state index in [1.165, 1.54) is 4.68 Å². The number of nitrogens with zero attached hydrogens (tertiary/aromatic N) is 2. The van der Waals surface area contributed by atoms with Crippen LogP contribution in [-0.2, 0) is 0 Å². The molecule has 128 valence electrons. The second-order valence-electron chi connectivity index (χ2n) is 6.10. The van der Waals surface area contributed by atoms with Crippen molar-refractivity contribution in [3.63, 3.8) is 0 Å². The topological polar surface area (TPSA) is 64.0 Å². The van der Waals surface area contributed by atoms with Crippen LogP contribution in [-0.4, -0.2) is 15.7 Å². The van der Waals surface area contributed by atoms with E-state index in [0.717, 1.165) is 5.56 Å². The van der Waals surface area contributed by atoms with Gasteiger partial charge >= 0.3 is 0 Å². The molecular formula is C19H18ClN3O2. The van der Waals surface area contributed by atoms with Crippen LogP contribution in [0.4, 0.5) is 5.69 Å². The third-order valence-electron chi connectivity index (χ3n) is 4.05. The molecule has 1 heterocycles. The molecule has 0 atom stereocenters. The van der Waals surface area contributed by atoms with Gasteiger partial charge in [0.1, 0.15) is 0 Å². The fourth-order valence-corrected chi connectivity index (χ4v) is 2.82. The lowest BCUT2D eigenvalue weighted by atomic mass is 10.1. The number of halogens is 1. The van der Waals surface area contributed by atoms with E-state index in [-0.39, 0.29) is 23.2 Å². The number of fused-ring (bicyclic) bond motifs is 1. The fourth-order valence-electron chi connectivity index (χ4n) is 2.65. The quantitative estimate of drug-likeness (QED) is 0.766. The Kier molecular flexibility index (Phi) is 4.59. The van der Waals surface area contributed by atoms with E-state index in [1.54, 1.807) is 42.5 Å². The summed E-state index contributed by atoms with van der Waals surface area (Å²) in [5.41, 5.74) is 1.40. The molecule has 0 aliphatic heterocycles. The number of hydrogen-bond donors (Lipinski definition) is 1. The molecule has 1 amide bonds. The molecule has 3 rings (SSSR count). The van der Waals surface area contributed by atoms with Gasteiger partial charge in [-0.25, -0.2) is 4.68 Å². The van der Waals surface area contributed by atoms with Gasteiger partial charge in [0.05, 0.1) is 11.4 Å². The SMILES string of the molecule is Cc1c(Cl)cccc1NC(=O)c1nn(C(C)C)c(=O)c2ccccc12. The van der Waals surface area contributed by atoms with Crippen molar-refractivity contribution in [1.29, 1.82) is 0 Å². The third kappa shape index (κ3) is 3.15. The minimum absolute atomic E-state index is 0.156. The van der Waals surface area contributed by atoms with Crippen LogP contribution in [0.15, 0.2) is 47.3 Å². The molecule has 0 fully saturated rings. The number of anilines is 1. The molecule has 0 unspecified atom stereocenters. The normalized spacial score (nSPS) is 11.1. The van der Waals surface area contributed by atoms with E-state index in [1.807, 2.05) is 20.8 Å². The summed E-state index contributed by atoms with van der Waals surface area (Å²) >= 11 is 6.11. The van der Waals surface area contributed by atoms with Crippen LogP contribution in [0.25, 0.3) is 10.8 Å². The van der Waals surface area contributed by atoms with Gasteiger partial charge < -0.3 is 5.32 Å². The molecule has 0 spiro atoms. The molecule has 0 saturated carbocycles. The van der Waals surface area contributed by atoms with E-state index in [0.29, 0.717) is 21.5 Å². The summed E-state index contributed by atoms with van der Waals surface area (Å²) in [5.74, 6) is -0.379. The molecule has 5 nitrogen and oxygen atoms in total. The fraction of sp³-hybridized carbons (Fsp3) is 0.211. The van der Waals surface area contributed by atoms with Gasteiger partial charge in [0.25, 0.3) is 11.5 Å². The van der Waals surface area contributed by atoms with Crippen LogP contribution in [0.5, 0.6) is 0 Å². The second-order valence-corrected chi connectivity index (χ2v) is 6.51. The van der Waals surface area contributed by atoms with Gasteiger partial charge in [-0.05, 0) is 44.5 Å². The van der Waals surface area contributed by atoms with Crippen LogP contribution in [0.1, 0.15) is 35.9 Å². The van der Waals surface area contributed by atoms with Gasteiger partial charge in [0.2, 0.25) is 0 Å².